The summed E-state index contributed by atoms with van der Waals surface area (Å²) in [4.78, 5) is 28.7. The number of carboxylic acid groups (broad SMARTS) is 1. The van der Waals surface area contributed by atoms with Crippen LogP contribution >= 0.6 is 12.4 Å². The summed E-state index contributed by atoms with van der Waals surface area (Å²) >= 11 is 0. The molecule has 0 radical (unpaired) electrons. The fourth-order valence-electron chi connectivity index (χ4n) is 6.24. The van der Waals surface area contributed by atoms with Crippen LogP contribution in [0, 0.1) is 5.92 Å². The van der Waals surface area contributed by atoms with Crippen LogP contribution in [-0.2, 0) is 14.3 Å². The number of ketones is 1. The second kappa shape index (κ2) is 7.80. The molecule has 0 bridgehead atoms. The molecular formula is C20H29ClFN3O4. The van der Waals surface area contributed by atoms with Gasteiger partial charge in [-0.1, -0.05) is 12.8 Å². The first-order chi connectivity index (χ1) is 13.5. The van der Waals surface area contributed by atoms with Gasteiger partial charge < -0.3 is 20.5 Å². The molecule has 3 N–H and O–H groups in total. The lowest BCUT2D eigenvalue weighted by molar-refractivity contribution is -0.210. The molecule has 2 saturated heterocycles. The fourth-order valence-corrected chi connectivity index (χ4v) is 6.24. The van der Waals surface area contributed by atoms with Gasteiger partial charge in [0.1, 0.15) is 11.7 Å². The Morgan fingerprint density at radius 2 is 2.00 bits per heavy atom. The Kier molecular flexibility index (Phi) is 5.65. The number of hydrogen-bond donors (Lipinski definition) is 2. The Morgan fingerprint density at radius 3 is 2.69 bits per heavy atom. The van der Waals surface area contributed by atoms with Gasteiger partial charge in [-0.05, 0) is 25.7 Å². The van der Waals surface area contributed by atoms with E-state index in [0.29, 0.717) is 6.54 Å². The van der Waals surface area contributed by atoms with Gasteiger partial charge in [-0.3, -0.25) is 9.69 Å². The first-order valence-corrected chi connectivity index (χ1v) is 10.5. The van der Waals surface area contributed by atoms with E-state index in [0.717, 1.165) is 38.6 Å². The number of morpholine rings is 1. The lowest BCUT2D eigenvalue weighted by atomic mass is 9.69. The zero-order chi connectivity index (χ0) is 19.6. The van der Waals surface area contributed by atoms with Gasteiger partial charge in [0.05, 0.1) is 30.3 Å². The molecule has 0 spiro atoms. The van der Waals surface area contributed by atoms with E-state index in [-0.39, 0.29) is 48.6 Å². The third-order valence-electron chi connectivity index (χ3n) is 7.45. The Morgan fingerprint density at radius 1 is 1.24 bits per heavy atom. The van der Waals surface area contributed by atoms with Crippen LogP contribution in [0.15, 0.2) is 11.8 Å². The van der Waals surface area contributed by atoms with Gasteiger partial charge in [0.25, 0.3) is 0 Å². The summed E-state index contributed by atoms with van der Waals surface area (Å²) in [6, 6.07) is -0.604. The maximum atomic E-state index is 15.4. The number of halogens is 2. The lowest BCUT2D eigenvalue weighted by Crippen LogP contribution is -2.72. The van der Waals surface area contributed by atoms with Crippen molar-refractivity contribution in [1.82, 2.24) is 9.80 Å². The highest BCUT2D eigenvalue weighted by atomic mass is 35.5. The summed E-state index contributed by atoms with van der Waals surface area (Å²) in [7, 11) is 0. The fraction of sp³-hybridized carbons (Fsp3) is 0.800. The van der Waals surface area contributed by atoms with Crippen molar-refractivity contribution in [2.45, 2.75) is 81.1 Å². The van der Waals surface area contributed by atoms with Crippen molar-refractivity contribution in [2.75, 3.05) is 13.1 Å². The monoisotopic (exact) mass is 429 g/mol. The molecule has 9 heteroatoms. The van der Waals surface area contributed by atoms with E-state index in [1.165, 1.54) is 6.20 Å². The number of nitrogens with two attached hydrogens (primary N) is 1. The summed E-state index contributed by atoms with van der Waals surface area (Å²) in [5.41, 5.74) is 5.86. The third kappa shape index (κ3) is 3.28. The molecule has 162 valence electrons. The molecule has 0 amide bonds. The highest BCUT2D eigenvalue weighted by Gasteiger charge is 2.59. The molecule has 4 fully saturated rings. The van der Waals surface area contributed by atoms with Crippen LogP contribution in [0.4, 0.5) is 4.39 Å². The van der Waals surface area contributed by atoms with Gasteiger partial charge in [0, 0.05) is 31.2 Å². The minimum absolute atomic E-state index is 0. The Hall–Kier alpha value is -1.22. The smallest absolute Gasteiger partial charge is 0.340 e. The van der Waals surface area contributed by atoms with Crippen LogP contribution in [0.1, 0.15) is 38.5 Å². The van der Waals surface area contributed by atoms with Crippen LogP contribution in [0.2, 0.25) is 0 Å². The first kappa shape index (κ1) is 21.0. The van der Waals surface area contributed by atoms with Gasteiger partial charge in [0.2, 0.25) is 0 Å². The molecule has 2 aliphatic carbocycles. The number of fused-ring (bicyclic) bond motifs is 2. The maximum Gasteiger partial charge on any atom is 0.340 e. The van der Waals surface area contributed by atoms with Crippen molar-refractivity contribution in [2.24, 2.45) is 11.7 Å². The van der Waals surface area contributed by atoms with E-state index in [2.05, 4.69) is 9.80 Å². The van der Waals surface area contributed by atoms with Crippen LogP contribution in [0.3, 0.4) is 0 Å². The van der Waals surface area contributed by atoms with Gasteiger partial charge in [0.15, 0.2) is 5.78 Å². The molecule has 8 atom stereocenters. The van der Waals surface area contributed by atoms with Crippen molar-refractivity contribution in [1.29, 1.82) is 0 Å². The molecule has 5 aliphatic rings. The Labute approximate surface area is 175 Å². The van der Waals surface area contributed by atoms with Gasteiger partial charge in [-0.25, -0.2) is 9.18 Å². The number of rotatable bonds is 2. The summed E-state index contributed by atoms with van der Waals surface area (Å²) in [5.74, 6) is -2.33. The number of nitrogens with zero attached hydrogens (tertiary/aromatic N) is 2. The van der Waals surface area contributed by atoms with E-state index >= 15 is 4.39 Å². The number of alkyl halides is 1. The zero-order valence-electron chi connectivity index (χ0n) is 16.3. The number of carbonyl (C=O) groups is 2. The molecule has 2 saturated carbocycles. The first-order valence-electron chi connectivity index (χ1n) is 10.5. The van der Waals surface area contributed by atoms with Gasteiger partial charge >= 0.3 is 5.97 Å². The Balaban J connectivity index is 0.00000205. The molecule has 5 rings (SSSR count). The lowest BCUT2D eigenvalue weighted by Gasteiger charge is -2.60. The van der Waals surface area contributed by atoms with Gasteiger partial charge in [-0.2, -0.15) is 0 Å². The second-order valence-corrected chi connectivity index (χ2v) is 9.03. The maximum absolute atomic E-state index is 15.4. The molecule has 3 heterocycles. The quantitative estimate of drug-likeness (QED) is 0.634. The predicted molar refractivity (Wildman–Crippen MR) is 105 cm³/mol. The van der Waals surface area contributed by atoms with Crippen LogP contribution in [0.25, 0.3) is 0 Å². The number of hydrogen-bond acceptors (Lipinski definition) is 6. The SMILES string of the molecule is Cl.NC1CCN(C2C(F)CC3C(=O)C(C(=O)O)=CN4C5CCCCC5OC2C34)C1. The third-order valence-corrected chi connectivity index (χ3v) is 7.45. The minimum atomic E-state index is -1.23. The standard InChI is InChI=1S/C20H28FN3O4.ClH/c21-13-7-11-16-19(17(13)23-6-5-10(22)8-23)28-15-4-2-1-3-14(15)24(16)9-12(18(11)25)20(26)27;/h9-11,13-17,19H,1-8,22H2,(H,26,27);1H. The number of carboxylic acids is 1. The summed E-state index contributed by atoms with van der Waals surface area (Å²) in [6.07, 6.45) is 4.64. The largest absolute Gasteiger partial charge is 0.478 e. The van der Waals surface area contributed by atoms with E-state index in [4.69, 9.17) is 10.5 Å². The molecule has 3 aliphatic heterocycles. The molecular weight excluding hydrogens is 401 g/mol. The van der Waals surface area contributed by atoms with Crippen molar-refractivity contribution >= 4 is 24.2 Å². The van der Waals surface area contributed by atoms with E-state index in [1.807, 2.05) is 0 Å². The molecule has 0 aromatic carbocycles. The summed E-state index contributed by atoms with van der Waals surface area (Å²) < 4.78 is 21.9. The van der Waals surface area contributed by atoms with Crippen LogP contribution < -0.4 is 5.73 Å². The number of likely N-dealkylation sites (tertiary alicyclic amines) is 1. The summed E-state index contributed by atoms with van der Waals surface area (Å²) in [5, 5.41) is 9.55. The number of Topliss-reactive ketones (excluding diaryl/α,β-unsaturated/α-hetero) is 1. The molecule has 0 aromatic rings. The second-order valence-electron chi connectivity index (χ2n) is 9.03. The summed E-state index contributed by atoms with van der Waals surface area (Å²) in [6.45, 7) is 1.38. The van der Waals surface area contributed by atoms with Crippen molar-refractivity contribution in [3.05, 3.63) is 11.8 Å². The van der Waals surface area contributed by atoms with E-state index in [1.54, 1.807) is 0 Å². The zero-order valence-corrected chi connectivity index (χ0v) is 17.1. The molecule has 29 heavy (non-hydrogen) atoms. The number of ether oxygens (including phenoxy) is 1. The van der Waals surface area contributed by atoms with Crippen LogP contribution in [0.5, 0.6) is 0 Å². The number of carbonyl (C=O) groups excluding carboxylic acids is 1. The van der Waals surface area contributed by atoms with E-state index < -0.39 is 36.0 Å². The minimum Gasteiger partial charge on any atom is -0.478 e. The highest BCUT2D eigenvalue weighted by Crippen LogP contribution is 2.46. The van der Waals surface area contributed by atoms with Gasteiger partial charge in [-0.15, -0.1) is 12.4 Å². The van der Waals surface area contributed by atoms with Crippen molar-refractivity contribution in [3.8, 4) is 0 Å². The average molecular weight is 430 g/mol. The predicted octanol–water partition coefficient (Wildman–Crippen LogP) is 1.10. The van der Waals surface area contributed by atoms with Crippen molar-refractivity contribution in [3.63, 3.8) is 0 Å². The van der Waals surface area contributed by atoms with Crippen LogP contribution in [-0.4, -0.2) is 82.3 Å². The van der Waals surface area contributed by atoms with Crippen molar-refractivity contribution < 1.29 is 23.8 Å². The molecule has 0 aromatic heterocycles. The topological polar surface area (TPSA) is 96.1 Å². The molecule has 7 nitrogen and oxygen atoms in total. The Bertz CT molecular complexity index is 722. The number of aliphatic carboxylic acids is 1. The molecule has 8 unspecified atom stereocenters. The average Bonchev–Trinajstić information content (AvgIpc) is 3.09. The van der Waals surface area contributed by atoms with E-state index in [9.17, 15) is 14.7 Å². The highest BCUT2D eigenvalue weighted by molar-refractivity contribution is 6.18. The normalized spacial score (nSPS) is 44.4.